The molecule has 0 radical (unpaired) electrons. The minimum atomic E-state index is -1.29. The average Bonchev–Trinajstić information content (AvgIpc) is 2.35. The van der Waals surface area contributed by atoms with Crippen molar-refractivity contribution in [2.24, 2.45) is 11.8 Å². The van der Waals surface area contributed by atoms with E-state index in [0.717, 1.165) is 0 Å². The maximum absolute atomic E-state index is 12.1. The number of carbonyl (C=O) groups is 3. The molecule has 1 N–H and O–H groups in total. The van der Waals surface area contributed by atoms with E-state index < -0.39 is 40.8 Å². The monoisotopic (exact) mass is 321 g/mol. The molecule has 3 atom stereocenters. The summed E-state index contributed by atoms with van der Waals surface area (Å²) in [6.07, 6.45) is -1.97. The van der Waals surface area contributed by atoms with Crippen molar-refractivity contribution in [1.82, 2.24) is 4.90 Å². The van der Waals surface area contributed by atoms with Gasteiger partial charge in [0.2, 0.25) is 5.24 Å². The predicted molar refractivity (Wildman–Crippen MR) is 73.7 cm³/mol. The fourth-order valence-corrected chi connectivity index (χ4v) is 2.29. The normalized spacial score (nSPS) is 26.2. The molecule has 7 nitrogen and oxygen atoms in total. The molecule has 0 spiro atoms. The number of amides is 1. The molecule has 1 amide bonds. The van der Waals surface area contributed by atoms with Gasteiger partial charge in [0, 0.05) is 13.1 Å². The summed E-state index contributed by atoms with van der Waals surface area (Å²) in [6, 6.07) is 0. The molecule has 21 heavy (non-hydrogen) atoms. The molecule has 0 aliphatic carbocycles. The number of piperidine rings is 1. The number of carbonyl (C=O) groups excluding carboxylic acids is 3. The van der Waals surface area contributed by atoms with Crippen LogP contribution in [0, 0.1) is 11.8 Å². The lowest BCUT2D eigenvalue weighted by Crippen LogP contribution is -2.56. The zero-order valence-electron chi connectivity index (χ0n) is 12.5. The molecule has 1 rings (SSSR count). The number of nitrogens with zero attached hydrogens (tertiary/aromatic N) is 1. The summed E-state index contributed by atoms with van der Waals surface area (Å²) in [5, 5.41) is 9.23. The zero-order chi connectivity index (χ0) is 16.4. The Kier molecular flexibility index (Phi) is 5.58. The molecule has 0 unspecified atom stereocenters. The molecule has 1 aliphatic rings. The standard InChI is InChI=1S/C13H20ClNO6/c1-13(2,3)21-12(19)15-5-7(10(14)17)9(16)8(6-15)11(18)20-4/h7-9,16H,5-6H2,1-4H3/t7-,8+,9-/m0/s1. The Morgan fingerprint density at radius 1 is 1.19 bits per heavy atom. The SMILES string of the molecule is COC(=O)[C@@H]1CN(C(=O)OC(C)(C)C)C[C@H](C(=O)Cl)[C@@H]1O. The van der Waals surface area contributed by atoms with Crippen molar-refractivity contribution in [2.45, 2.75) is 32.5 Å². The van der Waals surface area contributed by atoms with Crippen molar-refractivity contribution in [3.63, 3.8) is 0 Å². The van der Waals surface area contributed by atoms with Gasteiger partial charge in [0.25, 0.3) is 0 Å². The third-order valence-electron chi connectivity index (χ3n) is 3.11. The zero-order valence-corrected chi connectivity index (χ0v) is 13.2. The van der Waals surface area contributed by atoms with Gasteiger partial charge in [-0.05, 0) is 32.4 Å². The van der Waals surface area contributed by atoms with Gasteiger partial charge in [0.15, 0.2) is 0 Å². The molecule has 1 heterocycles. The highest BCUT2D eigenvalue weighted by Gasteiger charge is 2.45. The number of esters is 1. The van der Waals surface area contributed by atoms with Crippen LogP contribution in [-0.4, -0.2) is 59.2 Å². The topological polar surface area (TPSA) is 93.1 Å². The van der Waals surface area contributed by atoms with Crippen LogP contribution < -0.4 is 0 Å². The molecule has 120 valence electrons. The lowest BCUT2D eigenvalue weighted by molar-refractivity contribution is -0.155. The molecular weight excluding hydrogens is 302 g/mol. The molecule has 8 heteroatoms. The van der Waals surface area contributed by atoms with Crippen LogP contribution in [0.4, 0.5) is 4.79 Å². The number of methoxy groups -OCH3 is 1. The van der Waals surface area contributed by atoms with Crippen LogP contribution in [0.25, 0.3) is 0 Å². The van der Waals surface area contributed by atoms with Gasteiger partial charge in [0.05, 0.1) is 19.1 Å². The third kappa shape index (κ3) is 4.57. The maximum atomic E-state index is 12.1. The maximum Gasteiger partial charge on any atom is 0.410 e. The van der Waals surface area contributed by atoms with E-state index >= 15 is 0 Å². The number of ether oxygens (including phenoxy) is 2. The number of aliphatic hydroxyl groups is 1. The second-order valence-corrected chi connectivity index (χ2v) is 6.29. The summed E-state index contributed by atoms with van der Waals surface area (Å²) in [4.78, 5) is 36.3. The van der Waals surface area contributed by atoms with Gasteiger partial charge < -0.3 is 19.5 Å². The van der Waals surface area contributed by atoms with Crippen molar-refractivity contribution >= 4 is 28.9 Å². The van der Waals surface area contributed by atoms with Crippen LogP contribution in [0.2, 0.25) is 0 Å². The first kappa shape index (κ1) is 17.7. The largest absolute Gasteiger partial charge is 0.469 e. The van der Waals surface area contributed by atoms with Crippen molar-refractivity contribution in [3.8, 4) is 0 Å². The lowest BCUT2D eigenvalue weighted by atomic mass is 9.86. The Bertz CT molecular complexity index is 433. The first-order valence-corrected chi connectivity index (χ1v) is 6.87. The summed E-state index contributed by atoms with van der Waals surface area (Å²) in [6.45, 7) is 4.90. The number of aliphatic hydroxyl groups excluding tert-OH is 1. The smallest absolute Gasteiger partial charge is 0.410 e. The molecule has 0 bridgehead atoms. The summed E-state index contributed by atoms with van der Waals surface area (Å²) in [5.74, 6) is -2.81. The predicted octanol–water partition coefficient (Wildman–Crippen LogP) is 0.769. The number of hydrogen-bond donors (Lipinski definition) is 1. The minimum Gasteiger partial charge on any atom is -0.469 e. The van der Waals surface area contributed by atoms with Gasteiger partial charge in [0.1, 0.15) is 11.5 Å². The highest BCUT2D eigenvalue weighted by atomic mass is 35.5. The van der Waals surface area contributed by atoms with Gasteiger partial charge in [-0.3, -0.25) is 9.59 Å². The quantitative estimate of drug-likeness (QED) is 0.596. The van der Waals surface area contributed by atoms with E-state index in [-0.39, 0.29) is 13.1 Å². The highest BCUT2D eigenvalue weighted by Crippen LogP contribution is 2.26. The lowest BCUT2D eigenvalue weighted by Gasteiger charge is -2.39. The number of likely N-dealkylation sites (tertiary alicyclic amines) is 1. The molecule has 0 aromatic rings. The van der Waals surface area contributed by atoms with Crippen LogP contribution in [0.15, 0.2) is 0 Å². The summed E-state index contributed by atoms with van der Waals surface area (Å²) < 4.78 is 9.79. The third-order valence-corrected chi connectivity index (χ3v) is 3.39. The second kappa shape index (κ2) is 6.62. The fraction of sp³-hybridized carbons (Fsp3) is 0.769. The van der Waals surface area contributed by atoms with E-state index in [4.69, 9.17) is 16.3 Å². The Morgan fingerprint density at radius 3 is 2.14 bits per heavy atom. The molecule has 1 fully saturated rings. The molecular formula is C13H20ClNO6. The molecule has 1 aliphatic heterocycles. The van der Waals surface area contributed by atoms with Gasteiger partial charge in [-0.25, -0.2) is 4.79 Å². The second-order valence-electron chi connectivity index (χ2n) is 5.92. The van der Waals surface area contributed by atoms with Gasteiger partial charge >= 0.3 is 12.1 Å². The average molecular weight is 322 g/mol. The highest BCUT2D eigenvalue weighted by molar-refractivity contribution is 6.64. The Morgan fingerprint density at radius 2 is 1.71 bits per heavy atom. The number of hydrogen-bond acceptors (Lipinski definition) is 6. The van der Waals surface area contributed by atoms with Crippen LogP contribution in [0.1, 0.15) is 20.8 Å². The first-order chi connectivity index (χ1) is 9.56. The van der Waals surface area contributed by atoms with E-state index in [1.807, 2.05) is 0 Å². The molecule has 0 aromatic carbocycles. The number of rotatable bonds is 2. The molecule has 1 saturated heterocycles. The van der Waals surface area contributed by atoms with Gasteiger partial charge in [-0.1, -0.05) is 0 Å². The first-order valence-electron chi connectivity index (χ1n) is 6.50. The molecule has 0 saturated carbocycles. The minimum absolute atomic E-state index is 0.0938. The summed E-state index contributed by atoms with van der Waals surface area (Å²) in [7, 11) is 1.17. The Balaban J connectivity index is 2.94. The van der Waals surface area contributed by atoms with Crippen LogP contribution >= 0.6 is 11.6 Å². The fourth-order valence-electron chi connectivity index (χ4n) is 2.09. The van der Waals surface area contributed by atoms with E-state index in [1.165, 1.54) is 12.0 Å². The Labute approximate surface area is 128 Å². The molecule has 0 aromatic heterocycles. The van der Waals surface area contributed by atoms with Gasteiger partial charge in [-0.15, -0.1) is 0 Å². The van der Waals surface area contributed by atoms with E-state index in [2.05, 4.69) is 4.74 Å². The van der Waals surface area contributed by atoms with Crippen LogP contribution in [0.5, 0.6) is 0 Å². The Hall–Kier alpha value is -1.34. The van der Waals surface area contributed by atoms with Crippen LogP contribution in [-0.2, 0) is 19.1 Å². The van der Waals surface area contributed by atoms with Crippen LogP contribution in [0.3, 0.4) is 0 Å². The van der Waals surface area contributed by atoms with Crippen molar-refractivity contribution in [2.75, 3.05) is 20.2 Å². The van der Waals surface area contributed by atoms with Crippen molar-refractivity contribution < 1.29 is 29.0 Å². The van der Waals surface area contributed by atoms with Crippen molar-refractivity contribution in [1.29, 1.82) is 0 Å². The number of halogens is 1. The summed E-state index contributed by atoms with van der Waals surface area (Å²) >= 11 is 5.44. The summed E-state index contributed by atoms with van der Waals surface area (Å²) in [5.41, 5.74) is -0.714. The van der Waals surface area contributed by atoms with Gasteiger partial charge in [-0.2, -0.15) is 0 Å². The van der Waals surface area contributed by atoms with Crippen molar-refractivity contribution in [3.05, 3.63) is 0 Å². The van der Waals surface area contributed by atoms with E-state index in [9.17, 15) is 19.5 Å². The van der Waals surface area contributed by atoms with E-state index in [0.29, 0.717) is 0 Å². The van der Waals surface area contributed by atoms with E-state index in [1.54, 1.807) is 20.8 Å².